The molecule has 0 bridgehead atoms. The van der Waals surface area contributed by atoms with E-state index in [0.717, 1.165) is 12.3 Å². The number of hydrogen-bond acceptors (Lipinski definition) is 4. The molecule has 2 N–H and O–H groups in total. The van der Waals surface area contributed by atoms with Gasteiger partial charge in [0.2, 0.25) is 0 Å². The molecular formula is C13H19NO2S. The zero-order valence-corrected chi connectivity index (χ0v) is 10.8. The van der Waals surface area contributed by atoms with Gasteiger partial charge in [-0.25, -0.2) is 4.79 Å². The molecule has 0 radical (unpaired) electrons. The standard InChI is InChI=1S/C13H19NO2S/c14-11-7-9-17-12(11)13(15)16-8-6-10-4-2-1-3-5-10/h7,9-10H,1-6,8,14H2. The molecule has 1 fully saturated rings. The van der Waals surface area contributed by atoms with Gasteiger partial charge in [0.05, 0.1) is 12.3 Å². The first-order valence-electron chi connectivity index (χ1n) is 6.27. The normalized spacial score (nSPS) is 16.9. The van der Waals surface area contributed by atoms with Gasteiger partial charge in [0, 0.05) is 0 Å². The largest absolute Gasteiger partial charge is 0.461 e. The van der Waals surface area contributed by atoms with Gasteiger partial charge < -0.3 is 10.5 Å². The Morgan fingerprint density at radius 3 is 2.82 bits per heavy atom. The van der Waals surface area contributed by atoms with Crippen LogP contribution in [0.1, 0.15) is 48.2 Å². The molecule has 1 saturated carbocycles. The summed E-state index contributed by atoms with van der Waals surface area (Å²) in [5.74, 6) is 0.477. The Kier molecular flexibility index (Phi) is 4.42. The molecular weight excluding hydrogens is 234 g/mol. The molecule has 1 aliphatic carbocycles. The highest BCUT2D eigenvalue weighted by Gasteiger charge is 2.16. The highest BCUT2D eigenvalue weighted by atomic mass is 32.1. The predicted octanol–water partition coefficient (Wildman–Crippen LogP) is 3.46. The van der Waals surface area contributed by atoms with Gasteiger partial charge in [-0.2, -0.15) is 0 Å². The van der Waals surface area contributed by atoms with Crippen LogP contribution >= 0.6 is 11.3 Å². The fourth-order valence-corrected chi connectivity index (χ4v) is 3.05. The fraction of sp³-hybridized carbons (Fsp3) is 0.615. The monoisotopic (exact) mass is 253 g/mol. The van der Waals surface area contributed by atoms with Gasteiger partial charge in [-0.15, -0.1) is 11.3 Å². The number of hydrogen-bond donors (Lipinski definition) is 1. The smallest absolute Gasteiger partial charge is 0.350 e. The summed E-state index contributed by atoms with van der Waals surface area (Å²) in [5, 5.41) is 1.81. The maximum absolute atomic E-state index is 11.7. The number of carbonyl (C=O) groups is 1. The highest BCUT2D eigenvalue weighted by Crippen LogP contribution is 2.26. The molecule has 2 rings (SSSR count). The van der Waals surface area contributed by atoms with Gasteiger partial charge in [-0.05, 0) is 23.8 Å². The molecule has 0 saturated heterocycles. The molecule has 0 unspecified atom stereocenters. The SMILES string of the molecule is Nc1ccsc1C(=O)OCCC1CCCCC1. The molecule has 1 aromatic heterocycles. The highest BCUT2D eigenvalue weighted by molar-refractivity contribution is 7.12. The predicted molar refractivity (Wildman–Crippen MR) is 70.2 cm³/mol. The molecule has 0 spiro atoms. The van der Waals surface area contributed by atoms with Crippen LogP contribution in [0.2, 0.25) is 0 Å². The van der Waals surface area contributed by atoms with Crippen LogP contribution in [0.5, 0.6) is 0 Å². The minimum Gasteiger partial charge on any atom is -0.461 e. The van der Waals surface area contributed by atoms with Crippen molar-refractivity contribution in [1.29, 1.82) is 0 Å². The van der Waals surface area contributed by atoms with Crippen molar-refractivity contribution in [3.05, 3.63) is 16.3 Å². The van der Waals surface area contributed by atoms with Crippen LogP contribution in [0.15, 0.2) is 11.4 Å². The summed E-state index contributed by atoms with van der Waals surface area (Å²) in [6.45, 7) is 0.529. The second-order valence-electron chi connectivity index (χ2n) is 4.63. The Morgan fingerprint density at radius 1 is 1.41 bits per heavy atom. The zero-order valence-electron chi connectivity index (χ0n) is 9.98. The summed E-state index contributed by atoms with van der Waals surface area (Å²) in [5.41, 5.74) is 6.19. The Morgan fingerprint density at radius 2 is 2.18 bits per heavy atom. The molecule has 0 aromatic carbocycles. The Balaban J connectivity index is 1.71. The van der Waals surface area contributed by atoms with Crippen molar-refractivity contribution in [2.45, 2.75) is 38.5 Å². The first-order valence-corrected chi connectivity index (χ1v) is 7.15. The van der Waals surface area contributed by atoms with Crippen molar-refractivity contribution < 1.29 is 9.53 Å². The third-order valence-electron chi connectivity index (χ3n) is 3.37. The average Bonchev–Trinajstić information content (AvgIpc) is 2.77. The van der Waals surface area contributed by atoms with E-state index in [0.29, 0.717) is 17.2 Å². The van der Waals surface area contributed by atoms with Crippen LogP contribution < -0.4 is 5.73 Å². The van der Waals surface area contributed by atoms with Crippen LogP contribution in [0, 0.1) is 5.92 Å². The molecule has 1 aromatic rings. The van der Waals surface area contributed by atoms with E-state index in [4.69, 9.17) is 10.5 Å². The lowest BCUT2D eigenvalue weighted by atomic mass is 9.87. The second kappa shape index (κ2) is 6.05. The number of nitrogens with two attached hydrogens (primary N) is 1. The van der Waals surface area contributed by atoms with E-state index in [1.54, 1.807) is 6.07 Å². The topological polar surface area (TPSA) is 52.3 Å². The number of ether oxygens (including phenoxy) is 1. The van der Waals surface area contributed by atoms with Gasteiger partial charge in [0.25, 0.3) is 0 Å². The summed E-state index contributed by atoms with van der Waals surface area (Å²) in [4.78, 5) is 12.2. The Hall–Kier alpha value is -1.03. The summed E-state index contributed by atoms with van der Waals surface area (Å²) in [6, 6.07) is 1.74. The van der Waals surface area contributed by atoms with Crippen molar-refractivity contribution in [2.75, 3.05) is 12.3 Å². The molecule has 0 aliphatic heterocycles. The minimum absolute atomic E-state index is 0.270. The first kappa shape index (κ1) is 12.4. The maximum Gasteiger partial charge on any atom is 0.350 e. The molecule has 1 heterocycles. The Bertz CT molecular complexity index is 369. The number of nitrogen functional groups attached to an aromatic ring is 1. The quantitative estimate of drug-likeness (QED) is 0.836. The van der Waals surface area contributed by atoms with Gasteiger partial charge in [0.15, 0.2) is 0 Å². The van der Waals surface area contributed by atoms with Gasteiger partial charge in [0.1, 0.15) is 4.88 Å². The minimum atomic E-state index is -0.270. The van der Waals surface area contributed by atoms with Crippen LogP contribution in [-0.2, 0) is 4.74 Å². The number of rotatable bonds is 4. The van der Waals surface area contributed by atoms with Gasteiger partial charge in [-0.3, -0.25) is 0 Å². The molecule has 1 aliphatic rings. The number of anilines is 1. The van der Waals surface area contributed by atoms with Crippen LogP contribution in [0.25, 0.3) is 0 Å². The van der Waals surface area contributed by atoms with Crippen molar-refractivity contribution in [3.8, 4) is 0 Å². The van der Waals surface area contributed by atoms with Crippen LogP contribution in [0.4, 0.5) is 5.69 Å². The van der Waals surface area contributed by atoms with Gasteiger partial charge >= 0.3 is 5.97 Å². The molecule has 3 nitrogen and oxygen atoms in total. The third-order valence-corrected chi connectivity index (χ3v) is 4.28. The van der Waals surface area contributed by atoms with E-state index < -0.39 is 0 Å². The lowest BCUT2D eigenvalue weighted by molar-refractivity contribution is 0.0481. The van der Waals surface area contributed by atoms with E-state index >= 15 is 0 Å². The van der Waals surface area contributed by atoms with Crippen molar-refractivity contribution in [3.63, 3.8) is 0 Å². The van der Waals surface area contributed by atoms with Crippen molar-refractivity contribution >= 4 is 23.0 Å². The molecule has 17 heavy (non-hydrogen) atoms. The fourth-order valence-electron chi connectivity index (χ4n) is 2.34. The number of esters is 1. The van der Waals surface area contributed by atoms with Crippen LogP contribution in [0.3, 0.4) is 0 Å². The van der Waals surface area contributed by atoms with E-state index in [9.17, 15) is 4.79 Å². The summed E-state index contributed by atoms with van der Waals surface area (Å²) >= 11 is 1.34. The van der Waals surface area contributed by atoms with E-state index in [1.807, 2.05) is 5.38 Å². The molecule has 4 heteroatoms. The summed E-state index contributed by atoms with van der Waals surface area (Å²) in [7, 11) is 0. The van der Waals surface area contributed by atoms with Crippen LogP contribution in [-0.4, -0.2) is 12.6 Å². The lowest BCUT2D eigenvalue weighted by Gasteiger charge is -2.20. The number of thiophene rings is 1. The van der Waals surface area contributed by atoms with Crippen molar-refractivity contribution in [1.82, 2.24) is 0 Å². The molecule has 0 amide bonds. The molecule has 0 atom stereocenters. The first-order chi connectivity index (χ1) is 8.27. The average molecular weight is 253 g/mol. The number of carbonyl (C=O) groups excluding carboxylic acids is 1. The summed E-state index contributed by atoms with van der Waals surface area (Å²) < 4.78 is 5.26. The zero-order chi connectivity index (χ0) is 12.1. The summed E-state index contributed by atoms with van der Waals surface area (Å²) in [6.07, 6.45) is 7.60. The maximum atomic E-state index is 11.7. The van der Waals surface area contributed by atoms with E-state index in [2.05, 4.69) is 0 Å². The second-order valence-corrected chi connectivity index (χ2v) is 5.55. The lowest BCUT2D eigenvalue weighted by Crippen LogP contribution is -2.12. The van der Waals surface area contributed by atoms with E-state index in [-0.39, 0.29) is 5.97 Å². The van der Waals surface area contributed by atoms with E-state index in [1.165, 1.54) is 43.4 Å². The van der Waals surface area contributed by atoms with Crippen molar-refractivity contribution in [2.24, 2.45) is 5.92 Å². The Labute approximate surface area is 106 Å². The third kappa shape index (κ3) is 3.46. The molecule has 94 valence electrons. The van der Waals surface area contributed by atoms with Gasteiger partial charge in [-0.1, -0.05) is 32.1 Å².